The lowest BCUT2D eigenvalue weighted by molar-refractivity contribution is -0.204. The highest BCUT2D eigenvalue weighted by molar-refractivity contribution is 6.31. The molecule has 0 heterocycles. The summed E-state index contributed by atoms with van der Waals surface area (Å²) in [6.45, 7) is 0.882. The third-order valence-electron chi connectivity index (χ3n) is 1.00. The van der Waals surface area contributed by atoms with Crippen LogP contribution in [-0.2, 0) is 4.79 Å². The summed E-state index contributed by atoms with van der Waals surface area (Å²) < 4.78 is 34.7. The van der Waals surface area contributed by atoms with E-state index in [1.807, 2.05) is 0 Å². The molecule has 0 fully saturated rings. The van der Waals surface area contributed by atoms with Crippen molar-refractivity contribution in [2.24, 2.45) is 0 Å². The van der Waals surface area contributed by atoms with Gasteiger partial charge in [0, 0.05) is 0 Å². The molecule has 11 heavy (non-hydrogen) atoms. The lowest BCUT2D eigenvalue weighted by Crippen LogP contribution is -2.40. The Kier molecular flexibility index (Phi) is 3.31. The molecule has 0 rings (SSSR count). The Morgan fingerprint density at radius 2 is 1.91 bits per heavy atom. The van der Waals surface area contributed by atoms with E-state index in [9.17, 15) is 18.0 Å². The number of alkyl halides is 4. The number of hydrogen-bond acceptors (Lipinski definition) is 2. The second-order valence-electron chi connectivity index (χ2n) is 2.00. The van der Waals surface area contributed by atoms with E-state index in [1.54, 1.807) is 0 Å². The van der Waals surface area contributed by atoms with Crippen molar-refractivity contribution < 1.29 is 23.1 Å². The predicted octanol–water partition coefficient (Wildman–Crippen LogP) is 1.11. The molecule has 1 N–H and O–H groups in total. The number of rotatable bonds is 2. The Morgan fingerprint density at radius 3 is 2.00 bits per heavy atom. The van der Waals surface area contributed by atoms with Crippen LogP contribution in [-0.4, -0.2) is 28.5 Å². The normalized spacial score (nSPS) is 17.6. The van der Waals surface area contributed by atoms with Crippen molar-refractivity contribution >= 4 is 17.4 Å². The third kappa shape index (κ3) is 3.07. The van der Waals surface area contributed by atoms with Crippen LogP contribution < -0.4 is 0 Å². The molecule has 0 saturated heterocycles. The van der Waals surface area contributed by atoms with Gasteiger partial charge in [0.2, 0.25) is 0 Å². The molecule has 0 aliphatic rings. The zero-order valence-corrected chi connectivity index (χ0v) is 6.28. The van der Waals surface area contributed by atoms with Crippen LogP contribution in [0.25, 0.3) is 0 Å². The summed E-state index contributed by atoms with van der Waals surface area (Å²) in [7, 11) is 0. The maximum atomic E-state index is 11.6. The van der Waals surface area contributed by atoms with Gasteiger partial charge in [-0.1, -0.05) is 0 Å². The van der Waals surface area contributed by atoms with E-state index in [0.29, 0.717) is 0 Å². The second-order valence-corrected chi connectivity index (χ2v) is 2.47. The molecule has 0 saturated carbocycles. The Labute approximate surface area is 66.0 Å². The highest BCUT2D eigenvalue weighted by Gasteiger charge is 2.44. The molecule has 0 aromatic carbocycles. The fraction of sp³-hybridized carbons (Fsp3) is 0.800. The molecule has 0 spiro atoms. The predicted molar refractivity (Wildman–Crippen MR) is 32.4 cm³/mol. The Hall–Kier alpha value is -0.290. The lowest BCUT2D eigenvalue weighted by atomic mass is 10.2. The largest absolute Gasteiger partial charge is 0.416 e. The Balaban J connectivity index is 4.25. The third-order valence-corrected chi connectivity index (χ3v) is 1.55. The molecular formula is C5H6ClF3O2. The van der Waals surface area contributed by atoms with Crippen molar-refractivity contribution in [1.29, 1.82) is 0 Å². The van der Waals surface area contributed by atoms with Crippen LogP contribution in [0.3, 0.4) is 0 Å². The summed E-state index contributed by atoms with van der Waals surface area (Å²) in [6, 6.07) is 0. The van der Waals surface area contributed by atoms with Gasteiger partial charge in [-0.15, -0.1) is 11.6 Å². The molecule has 2 unspecified atom stereocenters. The molecule has 0 amide bonds. The summed E-state index contributed by atoms with van der Waals surface area (Å²) in [5.41, 5.74) is 0. The van der Waals surface area contributed by atoms with E-state index < -0.39 is 23.4 Å². The first kappa shape index (κ1) is 10.7. The van der Waals surface area contributed by atoms with E-state index in [0.717, 1.165) is 6.92 Å². The summed E-state index contributed by atoms with van der Waals surface area (Å²) in [4.78, 5) is 10.2. The molecule has 0 aromatic rings. The number of carbonyl (C=O) groups excluding carboxylic acids is 1. The van der Waals surface area contributed by atoms with Gasteiger partial charge in [0.05, 0.1) is 0 Å². The van der Waals surface area contributed by atoms with E-state index >= 15 is 0 Å². The number of Topliss-reactive ketones (excluding diaryl/α,β-unsaturated/α-hetero) is 1. The van der Waals surface area contributed by atoms with Gasteiger partial charge in [-0.05, 0) is 6.92 Å². The van der Waals surface area contributed by atoms with Crippen LogP contribution in [0.1, 0.15) is 6.92 Å². The van der Waals surface area contributed by atoms with Gasteiger partial charge in [-0.2, -0.15) is 13.2 Å². The fourth-order valence-electron chi connectivity index (χ4n) is 0.388. The number of carbonyl (C=O) groups is 1. The number of ketones is 1. The molecule has 2 nitrogen and oxygen atoms in total. The maximum absolute atomic E-state index is 11.6. The van der Waals surface area contributed by atoms with E-state index in [2.05, 4.69) is 0 Å². The maximum Gasteiger partial charge on any atom is 0.416 e. The average molecular weight is 191 g/mol. The molecule has 0 bridgehead atoms. The monoisotopic (exact) mass is 190 g/mol. The van der Waals surface area contributed by atoms with Crippen molar-refractivity contribution in [2.75, 3.05) is 0 Å². The van der Waals surface area contributed by atoms with Crippen LogP contribution in [0.4, 0.5) is 13.2 Å². The number of halogens is 4. The molecule has 2 atom stereocenters. The summed E-state index contributed by atoms with van der Waals surface area (Å²) >= 11 is 4.93. The first-order valence-electron chi connectivity index (χ1n) is 2.66. The van der Waals surface area contributed by atoms with Crippen molar-refractivity contribution in [3.63, 3.8) is 0 Å². The van der Waals surface area contributed by atoms with E-state index in [-0.39, 0.29) is 0 Å². The molecule has 0 radical (unpaired) electrons. The van der Waals surface area contributed by atoms with Crippen LogP contribution in [0.2, 0.25) is 0 Å². The van der Waals surface area contributed by atoms with Crippen LogP contribution in [0.15, 0.2) is 0 Å². The number of aliphatic hydroxyl groups excluding tert-OH is 1. The Bertz CT molecular complexity index is 156. The van der Waals surface area contributed by atoms with E-state index in [1.165, 1.54) is 0 Å². The number of aliphatic hydroxyl groups is 1. The van der Waals surface area contributed by atoms with Gasteiger partial charge in [0.25, 0.3) is 0 Å². The summed E-state index contributed by atoms with van der Waals surface area (Å²) in [6.07, 6.45) is -7.61. The second kappa shape index (κ2) is 3.40. The van der Waals surface area contributed by atoms with Crippen LogP contribution >= 0.6 is 11.6 Å². The SMILES string of the molecule is CC(=O)C(Cl)C(O)C(F)(F)F. The first-order chi connectivity index (χ1) is 4.76. The van der Waals surface area contributed by atoms with Gasteiger partial charge in [-0.3, -0.25) is 4.79 Å². The zero-order chi connectivity index (χ0) is 9.23. The van der Waals surface area contributed by atoms with Crippen molar-refractivity contribution in [3.05, 3.63) is 0 Å². The first-order valence-corrected chi connectivity index (χ1v) is 3.09. The minimum absolute atomic E-state index is 0.882. The number of hydrogen-bond donors (Lipinski definition) is 1. The van der Waals surface area contributed by atoms with Crippen molar-refractivity contribution in [3.8, 4) is 0 Å². The van der Waals surface area contributed by atoms with E-state index in [4.69, 9.17) is 16.7 Å². The Morgan fingerprint density at radius 1 is 1.55 bits per heavy atom. The molecule has 0 aliphatic heterocycles. The molecule has 0 aromatic heterocycles. The van der Waals surface area contributed by atoms with Gasteiger partial charge in [0.15, 0.2) is 11.9 Å². The molecule has 6 heteroatoms. The molecule has 0 aliphatic carbocycles. The zero-order valence-electron chi connectivity index (χ0n) is 5.52. The van der Waals surface area contributed by atoms with Crippen LogP contribution in [0, 0.1) is 0 Å². The minimum atomic E-state index is -4.84. The molecular weight excluding hydrogens is 184 g/mol. The fourth-order valence-corrected chi connectivity index (χ4v) is 0.531. The highest BCUT2D eigenvalue weighted by Crippen LogP contribution is 2.25. The quantitative estimate of drug-likeness (QED) is 0.663. The summed E-state index contributed by atoms with van der Waals surface area (Å²) in [5, 5.41) is 6.44. The molecule has 66 valence electrons. The van der Waals surface area contributed by atoms with Crippen LogP contribution in [0.5, 0.6) is 0 Å². The van der Waals surface area contributed by atoms with Crippen molar-refractivity contribution in [1.82, 2.24) is 0 Å². The lowest BCUT2D eigenvalue weighted by Gasteiger charge is -2.16. The minimum Gasteiger partial charge on any atom is -0.382 e. The topological polar surface area (TPSA) is 37.3 Å². The average Bonchev–Trinajstić information content (AvgIpc) is 1.82. The van der Waals surface area contributed by atoms with Gasteiger partial charge in [0.1, 0.15) is 5.38 Å². The standard InChI is InChI=1S/C5H6ClF3O2/c1-2(10)3(6)4(11)5(7,8)9/h3-4,11H,1H3. The van der Waals surface area contributed by atoms with Gasteiger partial charge >= 0.3 is 6.18 Å². The van der Waals surface area contributed by atoms with Crippen molar-refractivity contribution in [2.45, 2.75) is 24.6 Å². The summed E-state index contributed by atoms with van der Waals surface area (Å²) in [5.74, 6) is -0.906. The smallest absolute Gasteiger partial charge is 0.382 e. The highest BCUT2D eigenvalue weighted by atomic mass is 35.5. The van der Waals surface area contributed by atoms with Gasteiger partial charge < -0.3 is 5.11 Å². The van der Waals surface area contributed by atoms with Gasteiger partial charge in [-0.25, -0.2) is 0 Å².